The number of hydrogen-bond donors (Lipinski definition) is 1. The van der Waals surface area contributed by atoms with Crippen molar-refractivity contribution < 1.29 is 5.11 Å². The van der Waals surface area contributed by atoms with Gasteiger partial charge in [-0.15, -0.1) is 16.4 Å². The minimum Gasteiger partial charge on any atom is -0.396 e. The minimum atomic E-state index is 0.194. The van der Waals surface area contributed by atoms with Crippen LogP contribution in [0.5, 0.6) is 0 Å². The highest BCUT2D eigenvalue weighted by Gasteiger charge is 2.02. The predicted molar refractivity (Wildman–Crippen MR) is 56.6 cm³/mol. The molecule has 0 bridgehead atoms. The zero-order valence-electron chi connectivity index (χ0n) is 8.20. The molecule has 0 saturated heterocycles. The molecule has 0 atom stereocenters. The highest BCUT2D eigenvalue weighted by Crippen LogP contribution is 2.06. The van der Waals surface area contributed by atoms with Crippen molar-refractivity contribution in [3.05, 3.63) is 28.5 Å². The summed E-state index contributed by atoms with van der Waals surface area (Å²) < 4.78 is 1.77. The fourth-order valence-corrected chi connectivity index (χ4v) is 1.87. The molecule has 0 fully saturated rings. The van der Waals surface area contributed by atoms with E-state index in [1.54, 1.807) is 22.2 Å². The van der Waals surface area contributed by atoms with Gasteiger partial charge < -0.3 is 5.11 Å². The molecule has 0 aliphatic rings. The Labute approximate surface area is 91.4 Å². The number of aliphatic hydroxyl groups is 1. The average molecular weight is 224 g/mol. The lowest BCUT2D eigenvalue weighted by molar-refractivity contribution is 0.288. The van der Waals surface area contributed by atoms with Crippen molar-refractivity contribution in [1.29, 1.82) is 0 Å². The summed E-state index contributed by atoms with van der Waals surface area (Å²) in [7, 11) is 0. The van der Waals surface area contributed by atoms with Gasteiger partial charge in [-0.3, -0.25) is 0 Å². The van der Waals surface area contributed by atoms with Gasteiger partial charge >= 0.3 is 0 Å². The number of aromatic nitrogens is 4. The van der Waals surface area contributed by atoms with Crippen molar-refractivity contribution in [2.45, 2.75) is 19.4 Å². The van der Waals surface area contributed by atoms with Crippen LogP contribution in [0.3, 0.4) is 0 Å². The summed E-state index contributed by atoms with van der Waals surface area (Å²) in [5, 5.41) is 19.7. The molecule has 2 heterocycles. The van der Waals surface area contributed by atoms with Crippen molar-refractivity contribution in [3.63, 3.8) is 0 Å². The summed E-state index contributed by atoms with van der Waals surface area (Å²) in [6, 6.07) is 0. The van der Waals surface area contributed by atoms with Gasteiger partial charge in [0.25, 0.3) is 0 Å². The Morgan fingerprint density at radius 2 is 2.40 bits per heavy atom. The number of thiazole rings is 1. The molecule has 0 amide bonds. The van der Waals surface area contributed by atoms with Gasteiger partial charge in [-0.2, -0.15) is 0 Å². The Hall–Kier alpha value is -1.27. The van der Waals surface area contributed by atoms with E-state index in [1.807, 2.05) is 11.6 Å². The third-order valence-corrected chi connectivity index (χ3v) is 2.72. The molecule has 80 valence electrons. The van der Waals surface area contributed by atoms with Crippen LogP contribution in [0.1, 0.15) is 17.1 Å². The van der Waals surface area contributed by atoms with Crippen molar-refractivity contribution >= 4 is 11.3 Å². The molecule has 0 aliphatic carbocycles. The lowest BCUT2D eigenvalue weighted by Gasteiger charge is -1.94. The Bertz CT molecular complexity index is 398. The highest BCUT2D eigenvalue weighted by atomic mass is 32.1. The Balaban J connectivity index is 1.95. The van der Waals surface area contributed by atoms with Crippen LogP contribution < -0.4 is 0 Å². The molecule has 0 spiro atoms. The summed E-state index contributed by atoms with van der Waals surface area (Å²) in [6.45, 7) is 0.864. The van der Waals surface area contributed by atoms with E-state index in [1.165, 1.54) is 0 Å². The van der Waals surface area contributed by atoms with Gasteiger partial charge in [0.1, 0.15) is 5.01 Å². The molecular formula is C9H12N4OS. The van der Waals surface area contributed by atoms with Gasteiger partial charge in [-0.1, -0.05) is 5.21 Å². The van der Waals surface area contributed by atoms with Gasteiger partial charge in [-0.05, 0) is 12.8 Å². The number of hydrogen-bond acceptors (Lipinski definition) is 5. The van der Waals surface area contributed by atoms with Gasteiger partial charge in [0.15, 0.2) is 0 Å². The van der Waals surface area contributed by atoms with Crippen LogP contribution in [0.4, 0.5) is 0 Å². The molecule has 0 saturated carbocycles. The smallest absolute Gasteiger partial charge is 0.114 e. The van der Waals surface area contributed by atoms with Crippen LogP contribution in [0, 0.1) is 0 Å². The van der Waals surface area contributed by atoms with E-state index in [0.29, 0.717) is 6.54 Å². The van der Waals surface area contributed by atoms with Crippen molar-refractivity contribution in [2.24, 2.45) is 0 Å². The van der Waals surface area contributed by atoms with E-state index in [2.05, 4.69) is 15.3 Å². The fourth-order valence-electron chi connectivity index (χ4n) is 1.26. The molecular weight excluding hydrogens is 212 g/mol. The van der Waals surface area contributed by atoms with E-state index in [9.17, 15) is 0 Å². The molecule has 2 aromatic heterocycles. The number of nitrogens with zero attached hydrogens (tertiary/aromatic N) is 4. The van der Waals surface area contributed by atoms with Gasteiger partial charge in [-0.25, -0.2) is 9.67 Å². The SMILES string of the molecule is OCCCc1cn(Cc2nccs2)nn1. The molecule has 2 aromatic rings. The monoisotopic (exact) mass is 224 g/mol. The standard InChI is InChI=1S/C9H12N4OS/c14-4-1-2-8-6-13(12-11-8)7-9-10-3-5-15-9/h3,5-6,14H,1-2,4,7H2. The van der Waals surface area contributed by atoms with E-state index < -0.39 is 0 Å². The second kappa shape index (κ2) is 4.99. The zero-order chi connectivity index (χ0) is 10.5. The normalized spacial score (nSPS) is 10.7. The molecule has 6 heteroatoms. The first-order valence-electron chi connectivity index (χ1n) is 4.77. The number of aryl methyl sites for hydroxylation is 1. The summed E-state index contributed by atoms with van der Waals surface area (Å²) in [5.41, 5.74) is 0.917. The summed E-state index contributed by atoms with van der Waals surface area (Å²) >= 11 is 1.61. The Kier molecular flexibility index (Phi) is 3.41. The zero-order valence-corrected chi connectivity index (χ0v) is 9.02. The van der Waals surface area contributed by atoms with E-state index in [0.717, 1.165) is 23.5 Å². The molecule has 15 heavy (non-hydrogen) atoms. The van der Waals surface area contributed by atoms with Crippen LogP contribution in [0.15, 0.2) is 17.8 Å². The first-order valence-corrected chi connectivity index (χ1v) is 5.64. The van der Waals surface area contributed by atoms with Crippen LogP contribution in [0.25, 0.3) is 0 Å². The van der Waals surface area contributed by atoms with Crippen LogP contribution >= 0.6 is 11.3 Å². The van der Waals surface area contributed by atoms with Crippen LogP contribution in [-0.4, -0.2) is 31.7 Å². The highest BCUT2D eigenvalue weighted by molar-refractivity contribution is 7.09. The van der Waals surface area contributed by atoms with Crippen LogP contribution in [0.2, 0.25) is 0 Å². The molecule has 0 aliphatic heterocycles. The molecule has 1 N–H and O–H groups in total. The largest absolute Gasteiger partial charge is 0.396 e. The first kappa shape index (κ1) is 10.3. The average Bonchev–Trinajstić information content (AvgIpc) is 2.87. The number of aliphatic hydroxyl groups excluding tert-OH is 1. The lowest BCUT2D eigenvalue weighted by Crippen LogP contribution is -1.99. The van der Waals surface area contributed by atoms with Crippen molar-refractivity contribution in [2.75, 3.05) is 6.61 Å². The minimum absolute atomic E-state index is 0.194. The molecule has 0 aromatic carbocycles. The fraction of sp³-hybridized carbons (Fsp3) is 0.444. The summed E-state index contributed by atoms with van der Waals surface area (Å²) in [4.78, 5) is 4.17. The molecule has 0 unspecified atom stereocenters. The van der Waals surface area contributed by atoms with Gasteiger partial charge in [0, 0.05) is 24.4 Å². The Morgan fingerprint density at radius 3 is 3.13 bits per heavy atom. The third kappa shape index (κ3) is 2.84. The second-order valence-electron chi connectivity index (χ2n) is 3.16. The number of rotatable bonds is 5. The maximum Gasteiger partial charge on any atom is 0.114 e. The maximum absolute atomic E-state index is 8.68. The third-order valence-electron chi connectivity index (χ3n) is 1.96. The topological polar surface area (TPSA) is 63.8 Å². The summed E-state index contributed by atoms with van der Waals surface area (Å²) in [5.74, 6) is 0. The maximum atomic E-state index is 8.68. The molecule has 2 rings (SSSR count). The first-order chi connectivity index (χ1) is 7.38. The van der Waals surface area contributed by atoms with Gasteiger partial charge in [0.2, 0.25) is 0 Å². The molecule has 0 radical (unpaired) electrons. The molecule has 5 nitrogen and oxygen atoms in total. The van der Waals surface area contributed by atoms with E-state index in [4.69, 9.17) is 5.11 Å². The van der Waals surface area contributed by atoms with E-state index >= 15 is 0 Å². The van der Waals surface area contributed by atoms with Crippen molar-refractivity contribution in [1.82, 2.24) is 20.0 Å². The second-order valence-corrected chi connectivity index (χ2v) is 4.14. The Morgan fingerprint density at radius 1 is 1.47 bits per heavy atom. The van der Waals surface area contributed by atoms with E-state index in [-0.39, 0.29) is 6.61 Å². The lowest BCUT2D eigenvalue weighted by atomic mass is 10.3. The predicted octanol–water partition coefficient (Wildman–Crippen LogP) is 0.708. The van der Waals surface area contributed by atoms with Crippen LogP contribution in [-0.2, 0) is 13.0 Å². The quantitative estimate of drug-likeness (QED) is 0.812. The van der Waals surface area contributed by atoms with Crippen molar-refractivity contribution in [3.8, 4) is 0 Å². The summed E-state index contributed by atoms with van der Waals surface area (Å²) in [6.07, 6.45) is 5.19. The van der Waals surface area contributed by atoms with Gasteiger partial charge in [0.05, 0.1) is 12.2 Å².